The Morgan fingerprint density at radius 1 is 1.58 bits per heavy atom. The lowest BCUT2D eigenvalue weighted by atomic mass is 10.4. The average molecular weight is 180 g/mol. The molecule has 2 aromatic heterocycles. The maximum absolute atomic E-state index is 11.0. The van der Waals surface area contributed by atoms with Crippen LogP contribution in [0.15, 0.2) is 12.4 Å². The van der Waals surface area contributed by atoms with Crippen molar-refractivity contribution in [3.63, 3.8) is 0 Å². The second-order valence-electron chi connectivity index (χ2n) is 2.72. The highest BCUT2D eigenvalue weighted by Gasteiger charge is 2.06. The van der Waals surface area contributed by atoms with Gasteiger partial charge in [0.15, 0.2) is 10.7 Å². The van der Waals surface area contributed by atoms with Crippen molar-refractivity contribution in [3.8, 4) is 0 Å². The standard InChI is InChI=1S/C8H8N2OS/c1-5-3-10-4-7(6(2)11)12-8(10)9-5/h3-4H,1-2H3. The molecule has 0 radical (unpaired) electrons. The van der Waals surface area contributed by atoms with Crippen molar-refractivity contribution in [2.45, 2.75) is 13.8 Å². The van der Waals surface area contributed by atoms with Gasteiger partial charge < -0.3 is 0 Å². The van der Waals surface area contributed by atoms with Gasteiger partial charge in [-0.15, -0.1) is 0 Å². The Labute approximate surface area is 73.7 Å². The molecule has 0 saturated carbocycles. The van der Waals surface area contributed by atoms with E-state index in [4.69, 9.17) is 0 Å². The van der Waals surface area contributed by atoms with E-state index >= 15 is 0 Å². The molecule has 12 heavy (non-hydrogen) atoms. The number of aromatic nitrogens is 2. The summed E-state index contributed by atoms with van der Waals surface area (Å²) in [7, 11) is 0. The van der Waals surface area contributed by atoms with Gasteiger partial charge in [0.1, 0.15) is 0 Å². The van der Waals surface area contributed by atoms with Gasteiger partial charge in [0.25, 0.3) is 0 Å². The quantitative estimate of drug-likeness (QED) is 0.628. The number of aryl methyl sites for hydroxylation is 1. The minimum atomic E-state index is 0.100. The van der Waals surface area contributed by atoms with E-state index in [9.17, 15) is 4.79 Å². The number of carbonyl (C=O) groups is 1. The number of fused-ring (bicyclic) bond motifs is 1. The molecule has 0 unspecified atom stereocenters. The van der Waals surface area contributed by atoms with Crippen molar-refractivity contribution in [2.24, 2.45) is 0 Å². The van der Waals surface area contributed by atoms with Crippen molar-refractivity contribution in [1.29, 1.82) is 0 Å². The van der Waals surface area contributed by atoms with Gasteiger partial charge in [-0.1, -0.05) is 11.3 Å². The molecule has 0 aromatic carbocycles. The molecule has 2 heterocycles. The molecule has 0 fully saturated rings. The van der Waals surface area contributed by atoms with Gasteiger partial charge >= 0.3 is 0 Å². The molecule has 2 rings (SSSR count). The van der Waals surface area contributed by atoms with E-state index in [1.807, 2.05) is 23.7 Å². The van der Waals surface area contributed by atoms with Gasteiger partial charge in [0.05, 0.1) is 10.6 Å². The van der Waals surface area contributed by atoms with E-state index < -0.39 is 0 Å². The topological polar surface area (TPSA) is 34.4 Å². The van der Waals surface area contributed by atoms with Gasteiger partial charge in [-0.25, -0.2) is 4.98 Å². The predicted octanol–water partition coefficient (Wildman–Crippen LogP) is 1.91. The summed E-state index contributed by atoms with van der Waals surface area (Å²) in [6.07, 6.45) is 3.74. The van der Waals surface area contributed by atoms with Crippen LogP contribution in [0.4, 0.5) is 0 Å². The lowest BCUT2D eigenvalue weighted by Gasteiger charge is -1.81. The fourth-order valence-electron chi connectivity index (χ4n) is 1.08. The molecule has 62 valence electrons. The zero-order valence-corrected chi connectivity index (χ0v) is 7.68. The SMILES string of the molecule is CC(=O)c1cn2cc(C)nc2s1. The Balaban J connectivity index is 2.64. The molecular weight excluding hydrogens is 172 g/mol. The Bertz CT molecular complexity index is 409. The zero-order valence-electron chi connectivity index (χ0n) is 6.87. The maximum atomic E-state index is 11.0. The number of nitrogens with zero attached hydrogens (tertiary/aromatic N) is 2. The number of imidazole rings is 1. The summed E-state index contributed by atoms with van der Waals surface area (Å²) >= 11 is 1.43. The molecule has 0 spiro atoms. The predicted molar refractivity (Wildman–Crippen MR) is 47.8 cm³/mol. The van der Waals surface area contributed by atoms with Crippen molar-refractivity contribution >= 4 is 22.1 Å². The highest BCUT2D eigenvalue weighted by molar-refractivity contribution is 7.18. The third kappa shape index (κ3) is 1.04. The Morgan fingerprint density at radius 3 is 2.92 bits per heavy atom. The lowest BCUT2D eigenvalue weighted by Crippen LogP contribution is -1.85. The largest absolute Gasteiger partial charge is 0.297 e. The summed E-state index contributed by atoms with van der Waals surface area (Å²) in [6.45, 7) is 3.51. The normalized spacial score (nSPS) is 10.8. The van der Waals surface area contributed by atoms with Crippen LogP contribution in [0.3, 0.4) is 0 Å². The number of rotatable bonds is 1. The lowest BCUT2D eigenvalue weighted by molar-refractivity contribution is 0.102. The first kappa shape index (κ1) is 7.49. The van der Waals surface area contributed by atoms with Gasteiger partial charge in [-0.3, -0.25) is 9.20 Å². The third-order valence-electron chi connectivity index (χ3n) is 1.62. The van der Waals surface area contributed by atoms with Gasteiger partial charge in [-0.2, -0.15) is 0 Å². The van der Waals surface area contributed by atoms with Crippen molar-refractivity contribution in [3.05, 3.63) is 23.0 Å². The molecule has 0 bridgehead atoms. The Kier molecular flexibility index (Phi) is 1.51. The molecule has 0 saturated heterocycles. The molecule has 0 atom stereocenters. The summed E-state index contributed by atoms with van der Waals surface area (Å²) in [5.74, 6) is 0.100. The molecule has 2 aromatic rings. The number of thiazole rings is 1. The highest BCUT2D eigenvalue weighted by Crippen LogP contribution is 2.17. The van der Waals surface area contributed by atoms with Gasteiger partial charge in [0.2, 0.25) is 0 Å². The first-order chi connectivity index (χ1) is 5.66. The van der Waals surface area contributed by atoms with Crippen LogP contribution in [-0.4, -0.2) is 15.2 Å². The second-order valence-corrected chi connectivity index (χ2v) is 3.73. The van der Waals surface area contributed by atoms with Crippen LogP contribution in [0.5, 0.6) is 0 Å². The van der Waals surface area contributed by atoms with Crippen molar-refractivity contribution < 1.29 is 4.79 Å². The first-order valence-electron chi connectivity index (χ1n) is 3.63. The molecular formula is C8H8N2OS. The minimum absolute atomic E-state index is 0.100. The molecule has 0 aliphatic heterocycles. The van der Waals surface area contributed by atoms with E-state index in [1.54, 1.807) is 6.92 Å². The summed E-state index contributed by atoms with van der Waals surface area (Å²) in [4.78, 5) is 16.9. The highest BCUT2D eigenvalue weighted by atomic mass is 32.1. The minimum Gasteiger partial charge on any atom is -0.297 e. The number of hydrogen-bond donors (Lipinski definition) is 0. The van der Waals surface area contributed by atoms with Crippen LogP contribution in [0, 0.1) is 6.92 Å². The molecule has 0 aliphatic rings. The second kappa shape index (κ2) is 2.42. The van der Waals surface area contributed by atoms with E-state index in [2.05, 4.69) is 4.98 Å². The molecule has 4 heteroatoms. The molecule has 0 amide bonds. The van der Waals surface area contributed by atoms with Crippen molar-refractivity contribution in [1.82, 2.24) is 9.38 Å². The number of hydrogen-bond acceptors (Lipinski definition) is 3. The number of Topliss-reactive ketones (excluding diaryl/α,β-unsaturated/α-hetero) is 1. The summed E-state index contributed by atoms with van der Waals surface area (Å²) in [5, 5.41) is 0. The smallest absolute Gasteiger partial charge is 0.194 e. The third-order valence-corrected chi connectivity index (χ3v) is 2.72. The fraction of sp³-hybridized carbons (Fsp3) is 0.250. The number of carbonyl (C=O) groups excluding carboxylic acids is 1. The molecule has 3 nitrogen and oxygen atoms in total. The Morgan fingerprint density at radius 2 is 2.33 bits per heavy atom. The summed E-state index contributed by atoms with van der Waals surface area (Å²) in [6, 6.07) is 0. The van der Waals surface area contributed by atoms with Crippen LogP contribution in [0.2, 0.25) is 0 Å². The molecule has 0 N–H and O–H groups in total. The van der Waals surface area contributed by atoms with E-state index in [0.29, 0.717) is 0 Å². The van der Waals surface area contributed by atoms with Crippen LogP contribution in [0.25, 0.3) is 4.96 Å². The van der Waals surface area contributed by atoms with Crippen molar-refractivity contribution in [2.75, 3.05) is 0 Å². The first-order valence-corrected chi connectivity index (χ1v) is 4.44. The Hall–Kier alpha value is -1.16. The summed E-state index contributed by atoms with van der Waals surface area (Å²) in [5.41, 5.74) is 0.983. The number of ketones is 1. The summed E-state index contributed by atoms with van der Waals surface area (Å²) < 4.78 is 1.89. The van der Waals surface area contributed by atoms with E-state index in [0.717, 1.165) is 15.5 Å². The zero-order chi connectivity index (χ0) is 8.72. The van der Waals surface area contributed by atoms with Gasteiger partial charge in [-0.05, 0) is 6.92 Å². The van der Waals surface area contributed by atoms with Crippen LogP contribution in [-0.2, 0) is 0 Å². The fourth-order valence-corrected chi connectivity index (χ4v) is 1.98. The monoisotopic (exact) mass is 180 g/mol. The average Bonchev–Trinajstić information content (AvgIpc) is 2.42. The van der Waals surface area contributed by atoms with Crippen LogP contribution in [0.1, 0.15) is 22.3 Å². The van der Waals surface area contributed by atoms with Crippen LogP contribution >= 0.6 is 11.3 Å². The van der Waals surface area contributed by atoms with E-state index in [1.165, 1.54) is 11.3 Å². The van der Waals surface area contributed by atoms with Gasteiger partial charge in [0, 0.05) is 19.3 Å². The van der Waals surface area contributed by atoms with E-state index in [-0.39, 0.29) is 5.78 Å². The van der Waals surface area contributed by atoms with Crippen LogP contribution < -0.4 is 0 Å². The molecule has 0 aliphatic carbocycles. The maximum Gasteiger partial charge on any atom is 0.194 e.